The van der Waals surface area contributed by atoms with E-state index in [0.717, 1.165) is 22.5 Å². The smallest absolute Gasteiger partial charge is 0.338 e. The van der Waals surface area contributed by atoms with Gasteiger partial charge in [-0.25, -0.2) is 14.8 Å². The van der Waals surface area contributed by atoms with E-state index in [1.807, 2.05) is 100 Å². The molecule has 0 aliphatic rings. The minimum absolute atomic E-state index is 0.105. The fourth-order valence-corrected chi connectivity index (χ4v) is 4.40. The number of aromatic nitrogens is 2. The molecule has 32 heavy (non-hydrogen) atoms. The zero-order chi connectivity index (χ0) is 23.4. The van der Waals surface area contributed by atoms with Crippen LogP contribution in [0.4, 0.5) is 0 Å². The van der Waals surface area contributed by atoms with Gasteiger partial charge in [0.05, 0.1) is 0 Å². The van der Waals surface area contributed by atoms with Gasteiger partial charge in [-0.15, -0.1) is 0 Å². The molecule has 0 fully saturated rings. The van der Waals surface area contributed by atoms with E-state index in [1.165, 1.54) is 0 Å². The molecule has 3 aromatic rings. The summed E-state index contributed by atoms with van der Waals surface area (Å²) in [6.07, 6.45) is -1.18. The molecule has 0 amide bonds. The summed E-state index contributed by atoms with van der Waals surface area (Å²) in [5, 5.41) is 0. The molecule has 0 saturated heterocycles. The lowest BCUT2D eigenvalue weighted by molar-refractivity contribution is -0.158. The number of benzene rings is 2. The van der Waals surface area contributed by atoms with Gasteiger partial charge in [0.2, 0.25) is 14.4 Å². The summed E-state index contributed by atoms with van der Waals surface area (Å²) in [6, 6.07) is 21.0. The van der Waals surface area contributed by atoms with Crippen LogP contribution in [0.3, 0.4) is 0 Å². The monoisotopic (exact) mass is 450 g/mol. The van der Waals surface area contributed by atoms with Gasteiger partial charge in [0, 0.05) is 18.5 Å². The third-order valence-corrected chi connectivity index (χ3v) is 5.72. The van der Waals surface area contributed by atoms with Crippen LogP contribution in [0.2, 0.25) is 19.6 Å². The highest BCUT2D eigenvalue weighted by Crippen LogP contribution is 2.39. The zero-order valence-corrected chi connectivity index (χ0v) is 20.5. The van der Waals surface area contributed by atoms with Crippen molar-refractivity contribution in [3.05, 3.63) is 89.2 Å². The van der Waals surface area contributed by atoms with E-state index in [-0.39, 0.29) is 6.01 Å². The van der Waals surface area contributed by atoms with Crippen LogP contribution >= 0.6 is 0 Å². The maximum Gasteiger partial charge on any atom is 0.338 e. The molecule has 0 bridgehead atoms. The number of nitrogens with zero attached hydrogens (tertiary/aromatic N) is 2. The highest BCUT2D eigenvalue weighted by molar-refractivity contribution is 6.71. The van der Waals surface area contributed by atoms with Crippen molar-refractivity contribution in [1.82, 2.24) is 9.97 Å². The zero-order valence-electron chi connectivity index (χ0n) is 19.5. The fourth-order valence-electron chi connectivity index (χ4n) is 3.69. The Hall–Kier alpha value is -3.03. The normalized spacial score (nSPS) is 12.8. The van der Waals surface area contributed by atoms with Crippen LogP contribution in [0.25, 0.3) is 0 Å². The number of methoxy groups -OCH3 is 1. The van der Waals surface area contributed by atoms with Gasteiger partial charge in [0.1, 0.15) is 0 Å². The predicted molar refractivity (Wildman–Crippen MR) is 126 cm³/mol. The second kappa shape index (κ2) is 9.63. The first-order chi connectivity index (χ1) is 15.2. The molecule has 1 atom stereocenters. The van der Waals surface area contributed by atoms with E-state index in [1.54, 1.807) is 7.11 Å². The Kier molecular flexibility index (Phi) is 7.11. The third kappa shape index (κ3) is 5.23. The molecule has 7 heteroatoms. The van der Waals surface area contributed by atoms with Crippen LogP contribution in [0, 0.1) is 13.8 Å². The van der Waals surface area contributed by atoms with Crippen molar-refractivity contribution in [2.24, 2.45) is 0 Å². The summed E-state index contributed by atoms with van der Waals surface area (Å²) in [5.74, 6) is -0.513. The topological polar surface area (TPSA) is 70.5 Å². The minimum atomic E-state index is -2.24. The fraction of sp³-hybridized carbons (Fsp3) is 0.320. The molecule has 0 radical (unpaired) electrons. The van der Waals surface area contributed by atoms with Crippen LogP contribution in [0.15, 0.2) is 66.7 Å². The van der Waals surface area contributed by atoms with Crippen LogP contribution in [0.5, 0.6) is 6.01 Å². The van der Waals surface area contributed by atoms with Gasteiger partial charge in [-0.05, 0) is 50.7 Å². The van der Waals surface area contributed by atoms with Gasteiger partial charge >= 0.3 is 12.0 Å². The van der Waals surface area contributed by atoms with E-state index in [4.69, 9.17) is 13.9 Å². The van der Waals surface area contributed by atoms with Crippen LogP contribution in [0.1, 0.15) is 22.5 Å². The van der Waals surface area contributed by atoms with E-state index in [2.05, 4.69) is 9.97 Å². The number of hydrogen-bond acceptors (Lipinski definition) is 6. The maximum absolute atomic E-state index is 13.6. The van der Waals surface area contributed by atoms with Crippen LogP contribution < -0.4 is 4.74 Å². The lowest BCUT2D eigenvalue weighted by atomic mass is 9.81. The molecule has 1 heterocycles. The Bertz CT molecular complexity index is 993. The van der Waals surface area contributed by atoms with Gasteiger partial charge in [-0.3, -0.25) is 0 Å². The van der Waals surface area contributed by atoms with Gasteiger partial charge in [-0.2, -0.15) is 0 Å². The summed E-state index contributed by atoms with van der Waals surface area (Å²) in [7, 11) is -0.672. The van der Waals surface area contributed by atoms with Gasteiger partial charge in [0.25, 0.3) is 0 Å². The highest BCUT2D eigenvalue weighted by atomic mass is 28.4. The largest absolute Gasteiger partial charge is 0.517 e. The number of hydrogen-bond donors (Lipinski definition) is 0. The van der Waals surface area contributed by atoms with Crippen molar-refractivity contribution in [3.8, 4) is 6.01 Å². The van der Waals surface area contributed by atoms with Crippen LogP contribution in [-0.2, 0) is 19.6 Å². The lowest BCUT2D eigenvalue weighted by Gasteiger charge is -2.39. The average Bonchev–Trinajstić information content (AvgIpc) is 2.73. The van der Waals surface area contributed by atoms with Crippen molar-refractivity contribution in [2.75, 3.05) is 7.11 Å². The van der Waals surface area contributed by atoms with E-state index in [9.17, 15) is 4.79 Å². The van der Waals surface area contributed by atoms with E-state index >= 15 is 0 Å². The molecule has 0 spiro atoms. The quantitative estimate of drug-likeness (QED) is 0.459. The van der Waals surface area contributed by atoms with Crippen molar-refractivity contribution >= 4 is 14.3 Å². The molecular formula is C25H30N2O4Si. The molecule has 0 aliphatic heterocycles. The Balaban J connectivity index is 2.24. The van der Waals surface area contributed by atoms with Crippen molar-refractivity contribution < 1.29 is 18.7 Å². The van der Waals surface area contributed by atoms with E-state index in [0.29, 0.717) is 0 Å². The standard InChI is InChI=1S/C25H30N2O4Si/c1-18-17-19(2)27-24(26-18)30-22(23(28)31-32(4,5)6)25(29-3,20-13-9-7-10-14-20)21-15-11-8-12-16-21/h7-17,22H,1-6H3. The number of rotatable bonds is 8. The van der Waals surface area contributed by atoms with Crippen molar-refractivity contribution in [1.29, 1.82) is 0 Å². The lowest BCUT2D eigenvalue weighted by Crippen LogP contribution is -2.53. The molecule has 0 aliphatic carbocycles. The summed E-state index contributed by atoms with van der Waals surface area (Å²) in [6.45, 7) is 9.57. The SMILES string of the molecule is COC(c1ccccc1)(c1ccccc1)C(Oc1nc(C)cc(C)n1)C(=O)O[Si](C)(C)C. The predicted octanol–water partition coefficient (Wildman–Crippen LogP) is 4.81. The maximum atomic E-state index is 13.6. The molecular weight excluding hydrogens is 420 g/mol. The highest BCUT2D eigenvalue weighted by Gasteiger charge is 2.50. The molecule has 0 N–H and O–H groups in total. The van der Waals surface area contributed by atoms with Crippen molar-refractivity contribution in [3.63, 3.8) is 0 Å². The summed E-state index contributed by atoms with van der Waals surface area (Å²) in [4.78, 5) is 22.4. The number of aryl methyl sites for hydroxylation is 2. The number of carbonyl (C=O) groups is 1. The first kappa shape index (κ1) is 23.6. The molecule has 168 valence electrons. The Labute approximate surface area is 190 Å². The molecule has 6 nitrogen and oxygen atoms in total. The Morgan fingerprint density at radius 3 is 1.75 bits per heavy atom. The molecule has 1 aromatic heterocycles. The van der Waals surface area contributed by atoms with Gasteiger partial charge < -0.3 is 13.9 Å². The summed E-state index contributed by atoms with van der Waals surface area (Å²) in [5.41, 5.74) is 1.73. The van der Waals surface area contributed by atoms with Crippen molar-refractivity contribution in [2.45, 2.75) is 45.2 Å². The first-order valence-corrected chi connectivity index (χ1v) is 13.9. The molecule has 3 rings (SSSR count). The second-order valence-corrected chi connectivity index (χ2v) is 13.1. The van der Waals surface area contributed by atoms with Gasteiger partial charge in [0.15, 0.2) is 5.60 Å². The minimum Gasteiger partial charge on any atom is -0.517 e. The third-order valence-electron chi connectivity index (χ3n) is 4.90. The molecule has 1 unspecified atom stereocenters. The average molecular weight is 451 g/mol. The number of carbonyl (C=O) groups excluding carboxylic acids is 1. The Morgan fingerprint density at radius 1 is 0.875 bits per heavy atom. The Morgan fingerprint density at radius 2 is 1.34 bits per heavy atom. The van der Waals surface area contributed by atoms with Gasteiger partial charge in [-0.1, -0.05) is 60.7 Å². The molecule has 2 aromatic carbocycles. The second-order valence-electron chi connectivity index (χ2n) is 8.64. The summed E-state index contributed by atoms with van der Waals surface area (Å²) < 4.78 is 18.3. The summed E-state index contributed by atoms with van der Waals surface area (Å²) >= 11 is 0. The molecule has 0 saturated carbocycles. The first-order valence-electron chi connectivity index (χ1n) is 10.5. The van der Waals surface area contributed by atoms with E-state index < -0.39 is 26.0 Å². The van der Waals surface area contributed by atoms with Crippen LogP contribution in [-0.4, -0.2) is 37.5 Å². The number of ether oxygens (including phenoxy) is 2.